The predicted molar refractivity (Wildman–Crippen MR) is 43.4 cm³/mol. The van der Waals surface area contributed by atoms with Crippen LogP contribution in [0.3, 0.4) is 0 Å². The van der Waals surface area contributed by atoms with Gasteiger partial charge in [-0.05, 0) is 25.5 Å². The molecule has 0 atom stereocenters. The van der Waals surface area contributed by atoms with E-state index in [1.165, 1.54) is 5.56 Å². The lowest BCUT2D eigenvalue weighted by Crippen LogP contribution is -1.86. The van der Waals surface area contributed by atoms with Crippen molar-refractivity contribution in [3.8, 4) is 0 Å². The smallest absolute Gasteiger partial charge is 0.181 e. The molecule has 1 N–H and O–H groups in total. The first kappa shape index (κ1) is 6.34. The second kappa shape index (κ2) is 2.05. The van der Waals surface area contributed by atoms with Crippen LogP contribution >= 0.6 is 0 Å². The highest BCUT2D eigenvalue weighted by molar-refractivity contribution is 5.74. The van der Waals surface area contributed by atoms with Crippen molar-refractivity contribution in [1.29, 1.82) is 0 Å². The van der Waals surface area contributed by atoms with Gasteiger partial charge in [0.1, 0.15) is 0 Å². The number of rotatable bonds is 0. The van der Waals surface area contributed by atoms with Gasteiger partial charge >= 0.3 is 0 Å². The molecule has 11 heavy (non-hydrogen) atoms. The van der Waals surface area contributed by atoms with Crippen molar-refractivity contribution in [2.45, 2.75) is 13.8 Å². The van der Waals surface area contributed by atoms with Crippen LogP contribution in [-0.2, 0) is 0 Å². The van der Waals surface area contributed by atoms with Crippen LogP contribution in [0.4, 0.5) is 0 Å². The van der Waals surface area contributed by atoms with E-state index in [9.17, 15) is 0 Å². The lowest BCUT2D eigenvalue weighted by Gasteiger charge is -1.95. The summed E-state index contributed by atoms with van der Waals surface area (Å²) in [5, 5.41) is 7.84. The molecule has 2 aromatic heterocycles. The molecule has 0 bridgehead atoms. The van der Waals surface area contributed by atoms with Gasteiger partial charge in [0.25, 0.3) is 0 Å². The Morgan fingerprint density at radius 1 is 1.36 bits per heavy atom. The normalized spacial score (nSPS) is 10.7. The van der Waals surface area contributed by atoms with Crippen molar-refractivity contribution >= 4 is 11.0 Å². The van der Waals surface area contributed by atoms with Crippen LogP contribution in [0.15, 0.2) is 12.3 Å². The Labute approximate surface area is 64.5 Å². The van der Waals surface area contributed by atoms with E-state index in [0.29, 0.717) is 0 Å². The average molecular weight is 147 g/mol. The quantitative estimate of drug-likeness (QED) is 0.614. The van der Waals surface area contributed by atoms with E-state index >= 15 is 0 Å². The van der Waals surface area contributed by atoms with Crippen molar-refractivity contribution < 1.29 is 0 Å². The number of pyridine rings is 1. The third-order valence-electron chi connectivity index (χ3n) is 1.87. The highest BCUT2D eigenvalue weighted by atomic mass is 15.1. The van der Waals surface area contributed by atoms with E-state index < -0.39 is 0 Å². The fourth-order valence-electron chi connectivity index (χ4n) is 1.07. The number of aryl methyl sites for hydroxylation is 2. The molecule has 56 valence electrons. The maximum absolute atomic E-state index is 4.29. The van der Waals surface area contributed by atoms with Gasteiger partial charge in [-0.2, -0.15) is 5.10 Å². The second-order valence-electron chi connectivity index (χ2n) is 2.69. The fourth-order valence-corrected chi connectivity index (χ4v) is 1.07. The first-order valence-corrected chi connectivity index (χ1v) is 3.55. The van der Waals surface area contributed by atoms with E-state index in [0.717, 1.165) is 16.7 Å². The molecular formula is C8H9N3. The van der Waals surface area contributed by atoms with Crippen molar-refractivity contribution in [1.82, 2.24) is 15.2 Å². The van der Waals surface area contributed by atoms with Crippen LogP contribution in [0.1, 0.15) is 11.3 Å². The van der Waals surface area contributed by atoms with E-state index in [-0.39, 0.29) is 0 Å². The summed E-state index contributed by atoms with van der Waals surface area (Å²) in [5.74, 6) is 0. The van der Waals surface area contributed by atoms with Gasteiger partial charge < -0.3 is 0 Å². The van der Waals surface area contributed by atoms with E-state index in [1.807, 2.05) is 13.1 Å². The maximum Gasteiger partial charge on any atom is 0.181 e. The van der Waals surface area contributed by atoms with Gasteiger partial charge in [0, 0.05) is 17.3 Å². The summed E-state index contributed by atoms with van der Waals surface area (Å²) in [7, 11) is 0. The topological polar surface area (TPSA) is 41.6 Å². The summed E-state index contributed by atoms with van der Waals surface area (Å²) in [6, 6.07) is 2.08. The molecule has 2 heterocycles. The molecule has 0 fully saturated rings. The summed E-state index contributed by atoms with van der Waals surface area (Å²) >= 11 is 0. The second-order valence-corrected chi connectivity index (χ2v) is 2.69. The summed E-state index contributed by atoms with van der Waals surface area (Å²) in [5.41, 5.74) is 3.05. The number of aromatic amines is 1. The Bertz CT molecular complexity index is 353. The first-order chi connectivity index (χ1) is 5.27. The lowest BCUT2D eigenvalue weighted by atomic mass is 10.2. The zero-order chi connectivity index (χ0) is 7.84. The molecule has 2 aromatic rings. The minimum absolute atomic E-state index is 0.799. The molecular weight excluding hydrogens is 138 g/mol. The van der Waals surface area contributed by atoms with Crippen molar-refractivity contribution in [3.63, 3.8) is 0 Å². The molecule has 3 heteroatoms. The Balaban J connectivity index is 2.86. The number of nitrogens with zero attached hydrogens (tertiary/aromatic N) is 2. The van der Waals surface area contributed by atoms with Gasteiger partial charge in [0.05, 0.1) is 0 Å². The standard InChI is InChI=1S/C8H9N3/c1-5-3-7-4-9-11-8(7)10-6(5)2/h3-4H,1-2H3,(H,9,10,11). The molecule has 0 saturated heterocycles. The van der Waals surface area contributed by atoms with Gasteiger partial charge in [-0.1, -0.05) is 0 Å². The van der Waals surface area contributed by atoms with Crippen LogP contribution in [0.25, 0.3) is 11.0 Å². The molecule has 2 rings (SSSR count). The SMILES string of the molecule is Cc1cc2c[nH]nc2nc1C. The van der Waals surface area contributed by atoms with E-state index in [2.05, 4.69) is 28.2 Å². The highest BCUT2D eigenvalue weighted by Crippen LogP contribution is 2.12. The molecule has 3 nitrogen and oxygen atoms in total. The minimum Gasteiger partial charge on any atom is -0.283 e. The molecule has 0 aromatic carbocycles. The van der Waals surface area contributed by atoms with Crippen LogP contribution < -0.4 is 0 Å². The summed E-state index contributed by atoms with van der Waals surface area (Å²) in [6.07, 6.45) is 1.86. The van der Waals surface area contributed by atoms with Gasteiger partial charge in [-0.3, -0.25) is 5.10 Å². The Kier molecular flexibility index (Phi) is 1.18. The average Bonchev–Trinajstić information content (AvgIpc) is 2.36. The zero-order valence-electron chi connectivity index (χ0n) is 6.55. The minimum atomic E-state index is 0.799. The third kappa shape index (κ3) is 0.888. The largest absolute Gasteiger partial charge is 0.283 e. The van der Waals surface area contributed by atoms with Crippen LogP contribution in [0.2, 0.25) is 0 Å². The molecule has 0 aliphatic heterocycles. The first-order valence-electron chi connectivity index (χ1n) is 3.55. The Morgan fingerprint density at radius 2 is 2.18 bits per heavy atom. The number of fused-ring (bicyclic) bond motifs is 1. The third-order valence-corrected chi connectivity index (χ3v) is 1.87. The molecule has 0 unspecified atom stereocenters. The van der Waals surface area contributed by atoms with Gasteiger partial charge in [0.2, 0.25) is 0 Å². The number of H-pyrrole nitrogens is 1. The van der Waals surface area contributed by atoms with Crippen LogP contribution in [0, 0.1) is 13.8 Å². The van der Waals surface area contributed by atoms with Crippen molar-refractivity contribution in [2.24, 2.45) is 0 Å². The Hall–Kier alpha value is -1.38. The Morgan fingerprint density at radius 3 is 3.00 bits per heavy atom. The highest BCUT2D eigenvalue weighted by Gasteiger charge is 1.99. The van der Waals surface area contributed by atoms with Crippen molar-refractivity contribution in [2.75, 3.05) is 0 Å². The molecule has 0 saturated carbocycles. The molecule has 0 aliphatic carbocycles. The maximum atomic E-state index is 4.29. The number of aromatic nitrogens is 3. The number of hydrogen-bond acceptors (Lipinski definition) is 2. The van der Waals surface area contributed by atoms with Crippen LogP contribution in [-0.4, -0.2) is 15.2 Å². The van der Waals surface area contributed by atoms with Crippen LogP contribution in [0.5, 0.6) is 0 Å². The van der Waals surface area contributed by atoms with Gasteiger partial charge in [0.15, 0.2) is 5.65 Å². The summed E-state index contributed by atoms with van der Waals surface area (Å²) in [4.78, 5) is 4.29. The zero-order valence-corrected chi connectivity index (χ0v) is 6.55. The van der Waals surface area contributed by atoms with E-state index in [1.54, 1.807) is 0 Å². The summed E-state index contributed by atoms with van der Waals surface area (Å²) in [6.45, 7) is 4.04. The van der Waals surface area contributed by atoms with Gasteiger partial charge in [-0.25, -0.2) is 4.98 Å². The molecule has 0 aliphatic rings. The van der Waals surface area contributed by atoms with Gasteiger partial charge in [-0.15, -0.1) is 0 Å². The lowest BCUT2D eigenvalue weighted by molar-refractivity contribution is 1.08. The predicted octanol–water partition coefficient (Wildman–Crippen LogP) is 1.57. The molecule has 0 amide bonds. The summed E-state index contributed by atoms with van der Waals surface area (Å²) < 4.78 is 0. The van der Waals surface area contributed by atoms with Crippen molar-refractivity contribution in [3.05, 3.63) is 23.5 Å². The monoisotopic (exact) mass is 147 g/mol. The van der Waals surface area contributed by atoms with E-state index in [4.69, 9.17) is 0 Å². The molecule has 0 spiro atoms. The number of hydrogen-bond donors (Lipinski definition) is 1. The molecule has 0 radical (unpaired) electrons. The fraction of sp³-hybridized carbons (Fsp3) is 0.250. The number of nitrogens with one attached hydrogen (secondary N) is 1.